The molecule has 400 valence electrons. The van der Waals surface area contributed by atoms with Crippen molar-refractivity contribution in [2.24, 2.45) is 0 Å². The van der Waals surface area contributed by atoms with Gasteiger partial charge in [-0.15, -0.1) is 43.7 Å². The van der Waals surface area contributed by atoms with Crippen molar-refractivity contribution >= 4 is 456 Å². The smallest absolute Gasteiger partial charge is 0.240 e. The normalized spacial score (nSPS) is 13.0. The van der Waals surface area contributed by atoms with Crippen molar-refractivity contribution in [2.45, 2.75) is 5.41 Å². The van der Waals surface area contributed by atoms with E-state index >= 15 is 0 Å². The second kappa shape index (κ2) is 20.7. The fourth-order valence-electron chi connectivity index (χ4n) is 17.3. The minimum Gasteiger partial charge on any atom is -0.458 e. The van der Waals surface area contributed by atoms with Crippen LogP contribution in [0.15, 0.2) is 0 Å². The molecule has 0 unspecified atom stereocenters. The number of benzene rings is 8. The zero-order valence-corrected chi connectivity index (χ0v) is 60.1. The monoisotopic (exact) mass is 1130 g/mol. The summed E-state index contributed by atoms with van der Waals surface area (Å²) >= 11 is 0. The van der Waals surface area contributed by atoms with E-state index in [9.17, 15) is 0 Å². The number of rotatable bonds is 3. The van der Waals surface area contributed by atoms with Crippen LogP contribution in [0.25, 0.3) is 66.9 Å². The van der Waals surface area contributed by atoms with Crippen LogP contribution in [0.2, 0.25) is 0 Å². The summed E-state index contributed by atoms with van der Waals surface area (Å²) in [5.41, 5.74) is 47.5. The average molecular weight is 1120 g/mol. The second-order valence-corrected chi connectivity index (χ2v) is 28.3. The van der Waals surface area contributed by atoms with Crippen LogP contribution in [0, 0.1) is 0 Å². The van der Waals surface area contributed by atoms with Gasteiger partial charge in [0.15, 0.2) is 5.82 Å². The van der Waals surface area contributed by atoms with Gasteiger partial charge in [-0.2, -0.15) is 15.0 Å². The molecule has 8 aromatic carbocycles. The standard InChI is InChI=1S/C52H62B31N5O2/c53-10-1-2-11(54)21(64)28(71)35(78)42(2)87(41(1)34(77)27(70)20(10)63)50-84-49(85-51(86-50)88-43-3(12(55)22(65)29(72)36(43)79)4-13(56)23(66)30(73)37(80)44(4)88)5-14(57)19(62)15(58)6-45(5)89-46-7(16(59)24(67)31(74)38(46)81)52(6)8-17(60)25(68)32(75)39(82)47(8)90-48-9(52)18(61)26(69)33(76)40(48)83/h53-83H2. The third-order valence-electron chi connectivity index (χ3n) is 25.4. The van der Waals surface area contributed by atoms with E-state index in [1.165, 1.54) is 186 Å². The molecule has 0 aliphatic carbocycles. The van der Waals surface area contributed by atoms with Gasteiger partial charge in [0.1, 0.15) is 266 Å². The number of fused-ring (bicyclic) bond motifs is 14. The van der Waals surface area contributed by atoms with E-state index in [4.69, 9.17) is 24.4 Å². The molecule has 11 aromatic rings. The van der Waals surface area contributed by atoms with Crippen LogP contribution in [0.5, 0.6) is 23.0 Å². The molecule has 0 saturated carbocycles. The molecule has 0 atom stereocenters. The van der Waals surface area contributed by atoms with E-state index in [-0.39, 0.29) is 0 Å². The lowest BCUT2D eigenvalue weighted by atomic mass is 9.47. The predicted octanol–water partition coefficient (Wildman–Crippen LogP) is -41.7. The van der Waals surface area contributed by atoms with Gasteiger partial charge in [-0.25, -0.2) is 0 Å². The Labute approximate surface area is 559 Å². The first-order chi connectivity index (χ1) is 42.1. The molecule has 5 heterocycles. The summed E-state index contributed by atoms with van der Waals surface area (Å²) in [5, 5.41) is 5.03. The van der Waals surface area contributed by atoms with Crippen molar-refractivity contribution in [3.05, 3.63) is 22.3 Å². The van der Waals surface area contributed by atoms with Crippen LogP contribution in [0.3, 0.4) is 0 Å². The highest BCUT2D eigenvalue weighted by atomic mass is 16.5. The van der Waals surface area contributed by atoms with Gasteiger partial charge in [-0.3, -0.25) is 9.13 Å². The van der Waals surface area contributed by atoms with Gasteiger partial charge in [-0.05, 0) is 21.5 Å². The summed E-state index contributed by atoms with van der Waals surface area (Å²) in [7, 11) is 71.4. The third kappa shape index (κ3) is 7.60. The lowest BCUT2D eigenvalue weighted by Crippen LogP contribution is -2.63. The van der Waals surface area contributed by atoms with Crippen LogP contribution in [-0.2, 0) is 5.41 Å². The summed E-state index contributed by atoms with van der Waals surface area (Å²) in [6.45, 7) is 0. The largest absolute Gasteiger partial charge is 0.458 e. The lowest BCUT2D eigenvalue weighted by Gasteiger charge is -2.51. The van der Waals surface area contributed by atoms with Crippen LogP contribution < -0.4 is 179 Å². The van der Waals surface area contributed by atoms with E-state index in [0.29, 0.717) is 17.7 Å². The summed E-state index contributed by atoms with van der Waals surface area (Å²) < 4.78 is 20.7. The molecule has 7 nitrogen and oxygen atoms in total. The maximum atomic E-state index is 8.18. The van der Waals surface area contributed by atoms with E-state index in [0.717, 1.165) is 78.0 Å². The summed E-state index contributed by atoms with van der Waals surface area (Å²) in [6.07, 6.45) is 0. The van der Waals surface area contributed by atoms with Crippen LogP contribution in [0.1, 0.15) is 22.3 Å². The van der Waals surface area contributed by atoms with Crippen molar-refractivity contribution in [3.63, 3.8) is 0 Å². The lowest BCUT2D eigenvalue weighted by molar-refractivity contribution is 0.411. The van der Waals surface area contributed by atoms with Crippen LogP contribution >= 0.6 is 0 Å². The topological polar surface area (TPSA) is 67.0 Å². The van der Waals surface area contributed by atoms with E-state index in [2.05, 4.69) is 252 Å². The molecular weight excluding hydrogens is 1060 g/mol. The highest BCUT2D eigenvalue weighted by Crippen LogP contribution is 2.59. The number of hydrogen-bond donors (Lipinski definition) is 0. The Kier molecular flexibility index (Phi) is 14.5. The first kappa shape index (κ1) is 62.8. The molecular formula is C52H62B31N5O2. The highest BCUT2D eigenvalue weighted by molar-refractivity contribution is 6.75. The first-order valence-electron chi connectivity index (χ1n) is 32.7. The van der Waals surface area contributed by atoms with Gasteiger partial charge in [0, 0.05) is 44.3 Å². The van der Waals surface area contributed by atoms with E-state index < -0.39 is 5.41 Å². The highest BCUT2D eigenvalue weighted by Gasteiger charge is 2.56. The number of ether oxygens (including phenoxy) is 2. The molecule has 38 heteroatoms. The zero-order chi connectivity index (χ0) is 65.6. The summed E-state index contributed by atoms with van der Waals surface area (Å²) in [6, 6.07) is 0. The van der Waals surface area contributed by atoms with Crippen molar-refractivity contribution in [1.29, 1.82) is 0 Å². The van der Waals surface area contributed by atoms with Crippen LogP contribution in [-0.4, -0.2) is 267 Å². The van der Waals surface area contributed by atoms with Gasteiger partial charge in [0.05, 0.1) is 11.0 Å². The Morgan fingerprint density at radius 1 is 0.211 bits per heavy atom. The molecule has 0 radical (unpaired) electrons. The Morgan fingerprint density at radius 2 is 0.422 bits per heavy atom. The molecule has 13 rings (SSSR count). The fraction of sp³-hybridized carbons (Fsp3) is 0.0192. The van der Waals surface area contributed by atoms with Gasteiger partial charge in [0.25, 0.3) is 0 Å². The fourth-order valence-corrected chi connectivity index (χ4v) is 17.3. The van der Waals surface area contributed by atoms with Gasteiger partial charge >= 0.3 is 0 Å². The Balaban J connectivity index is 1.33. The van der Waals surface area contributed by atoms with Crippen molar-refractivity contribution in [3.8, 4) is 46.3 Å². The quantitative estimate of drug-likeness (QED) is 0.165. The van der Waals surface area contributed by atoms with Gasteiger partial charge in [0.2, 0.25) is 11.9 Å². The SMILES string of the molecule is Bc1c(B)c(B)c2c(c1B)Oc1c(B)c(B)c(B)c(B)c1C21c2c(B)c(B)c(B)c(B)c2Oc2c(-c3nc(-n4c5c(B)c(B)c(B)c(B)c5c5c(B)c(B)c(B)c(B)c54)nc(-n4c5c(B)c(B)c(B)c(B)c5c5c(B)c(B)c(B)c(B)c54)n3)c(B)c(B)c(B)c21. The third-order valence-corrected chi connectivity index (χ3v) is 25.4. The molecule has 0 fully saturated rings. The molecule has 0 amide bonds. The second-order valence-electron chi connectivity index (χ2n) is 28.3. The summed E-state index contributed by atoms with van der Waals surface area (Å²) in [4.78, 5) is 18.3. The maximum Gasteiger partial charge on any atom is 0.240 e. The number of aromatic nitrogens is 5. The Hall–Kier alpha value is -6.02. The van der Waals surface area contributed by atoms with Crippen molar-refractivity contribution in [2.75, 3.05) is 0 Å². The Morgan fingerprint density at radius 3 is 0.700 bits per heavy atom. The molecule has 1 spiro atoms. The molecule has 2 aliphatic heterocycles. The van der Waals surface area contributed by atoms with E-state index in [1.807, 2.05) is 0 Å². The maximum absolute atomic E-state index is 8.18. The molecule has 2 aliphatic rings. The van der Waals surface area contributed by atoms with Gasteiger partial charge < -0.3 is 9.47 Å². The summed E-state index contributed by atoms with van der Waals surface area (Å²) in [5.74, 6) is 5.25. The van der Waals surface area contributed by atoms with E-state index in [1.54, 1.807) is 0 Å². The van der Waals surface area contributed by atoms with Crippen LogP contribution in [0.4, 0.5) is 0 Å². The molecule has 90 heavy (non-hydrogen) atoms. The average Bonchev–Trinajstić information content (AvgIpc) is 0.750. The predicted molar refractivity (Wildman–Crippen MR) is 486 cm³/mol. The molecule has 0 bridgehead atoms. The first-order valence-corrected chi connectivity index (χ1v) is 32.7. The van der Waals surface area contributed by atoms with Crippen molar-refractivity contribution < 1.29 is 9.47 Å². The Bertz CT molecular complexity index is 4920. The van der Waals surface area contributed by atoms with Crippen molar-refractivity contribution in [1.82, 2.24) is 24.1 Å². The number of hydrogen-bond acceptors (Lipinski definition) is 5. The minimum atomic E-state index is -0.933. The number of nitrogens with zero attached hydrogens (tertiary/aromatic N) is 5. The van der Waals surface area contributed by atoms with Gasteiger partial charge in [-0.1, -0.05) is 126 Å². The zero-order valence-electron chi connectivity index (χ0n) is 60.1. The molecule has 0 N–H and O–H groups in total. The minimum absolute atomic E-state index is 0.565. The molecule has 0 saturated heterocycles. The molecule has 3 aromatic heterocycles.